The molecule has 0 aromatic heterocycles. The van der Waals surface area contributed by atoms with Crippen molar-refractivity contribution in [2.75, 3.05) is 19.6 Å². The number of rotatable bonds is 4. The summed E-state index contributed by atoms with van der Waals surface area (Å²) in [6.07, 6.45) is 5.23. The van der Waals surface area contributed by atoms with E-state index >= 15 is 0 Å². The number of halogens is 1. The summed E-state index contributed by atoms with van der Waals surface area (Å²) in [5.41, 5.74) is 3.11. The number of hydrogen-bond donors (Lipinski definition) is 1. The average molecular weight is 351 g/mol. The van der Waals surface area contributed by atoms with Gasteiger partial charge in [0.1, 0.15) is 0 Å². The van der Waals surface area contributed by atoms with Crippen LogP contribution in [-0.2, 0) is 6.42 Å². The minimum absolute atomic E-state index is 0.617. The summed E-state index contributed by atoms with van der Waals surface area (Å²) >= 11 is 3.61. The molecule has 2 nitrogen and oxygen atoms in total. The molecule has 1 aliphatic heterocycles. The third-order valence-electron chi connectivity index (χ3n) is 5.08. The van der Waals surface area contributed by atoms with Crippen molar-refractivity contribution in [1.29, 1.82) is 0 Å². The molecule has 1 aliphatic carbocycles. The van der Waals surface area contributed by atoms with E-state index in [4.69, 9.17) is 0 Å². The molecule has 1 saturated heterocycles. The van der Waals surface area contributed by atoms with E-state index < -0.39 is 0 Å². The zero-order chi connectivity index (χ0) is 14.8. The van der Waals surface area contributed by atoms with Crippen LogP contribution in [0.15, 0.2) is 22.7 Å². The Bertz CT molecular complexity index is 480. The maximum absolute atomic E-state index is 3.61. The van der Waals surface area contributed by atoms with Crippen LogP contribution in [0.3, 0.4) is 0 Å². The molecule has 116 valence electrons. The van der Waals surface area contributed by atoms with E-state index in [-0.39, 0.29) is 0 Å². The van der Waals surface area contributed by atoms with E-state index in [1.807, 2.05) is 0 Å². The summed E-state index contributed by atoms with van der Waals surface area (Å²) in [6, 6.07) is 8.10. The molecular formula is C18H27BrN2. The fourth-order valence-electron chi connectivity index (χ4n) is 3.98. The molecule has 1 aromatic carbocycles. The fraction of sp³-hybridized carbons (Fsp3) is 0.667. The molecule has 1 N–H and O–H groups in total. The summed E-state index contributed by atoms with van der Waals surface area (Å²) in [4.78, 5) is 2.75. The molecule has 1 fully saturated rings. The number of nitrogens with one attached hydrogen (secondary N) is 1. The molecule has 1 heterocycles. The molecule has 0 bridgehead atoms. The molecule has 2 unspecified atom stereocenters. The minimum atomic E-state index is 0.617. The first-order valence-corrected chi connectivity index (χ1v) is 9.19. The highest BCUT2D eigenvalue weighted by Gasteiger charge is 2.31. The molecular weight excluding hydrogens is 324 g/mol. The van der Waals surface area contributed by atoms with Crippen LogP contribution in [-0.4, -0.2) is 30.6 Å². The smallest absolute Gasteiger partial charge is 0.0356 e. The monoisotopic (exact) mass is 350 g/mol. The van der Waals surface area contributed by atoms with Crippen molar-refractivity contribution in [3.05, 3.63) is 33.8 Å². The van der Waals surface area contributed by atoms with Crippen molar-refractivity contribution in [1.82, 2.24) is 10.2 Å². The lowest BCUT2D eigenvalue weighted by molar-refractivity contribution is 0.117. The Morgan fingerprint density at radius 2 is 2.19 bits per heavy atom. The van der Waals surface area contributed by atoms with Crippen molar-refractivity contribution in [3.8, 4) is 0 Å². The number of aryl methyl sites for hydroxylation is 1. The van der Waals surface area contributed by atoms with Crippen molar-refractivity contribution in [3.63, 3.8) is 0 Å². The highest BCUT2D eigenvalue weighted by Crippen LogP contribution is 2.38. The Kier molecular flexibility index (Phi) is 5.03. The number of fused-ring (bicyclic) bond motifs is 1. The van der Waals surface area contributed by atoms with E-state index in [0.717, 1.165) is 5.92 Å². The van der Waals surface area contributed by atoms with Crippen LogP contribution in [0, 0.1) is 5.92 Å². The number of hydrogen-bond acceptors (Lipinski definition) is 2. The SMILES string of the molecule is CC(C)N(CC1CCCNC1)C1CCc2cc(Br)ccc21. The van der Waals surface area contributed by atoms with Crippen molar-refractivity contribution in [2.24, 2.45) is 5.92 Å². The van der Waals surface area contributed by atoms with Crippen LogP contribution in [0.25, 0.3) is 0 Å². The van der Waals surface area contributed by atoms with Gasteiger partial charge in [-0.1, -0.05) is 22.0 Å². The summed E-state index contributed by atoms with van der Waals surface area (Å²) in [5, 5.41) is 3.56. The molecule has 3 heteroatoms. The van der Waals surface area contributed by atoms with Crippen LogP contribution >= 0.6 is 15.9 Å². The van der Waals surface area contributed by atoms with Gasteiger partial charge >= 0.3 is 0 Å². The topological polar surface area (TPSA) is 15.3 Å². The zero-order valence-corrected chi connectivity index (χ0v) is 14.8. The number of piperidine rings is 1. The van der Waals surface area contributed by atoms with Crippen LogP contribution in [0.1, 0.15) is 50.3 Å². The summed E-state index contributed by atoms with van der Waals surface area (Å²) in [7, 11) is 0. The van der Waals surface area contributed by atoms with Gasteiger partial charge in [-0.3, -0.25) is 4.90 Å². The highest BCUT2D eigenvalue weighted by molar-refractivity contribution is 9.10. The lowest BCUT2D eigenvalue weighted by Crippen LogP contribution is -2.42. The molecule has 3 rings (SSSR count). The van der Waals surface area contributed by atoms with Crippen LogP contribution < -0.4 is 5.32 Å². The van der Waals surface area contributed by atoms with Gasteiger partial charge in [0, 0.05) is 23.1 Å². The minimum Gasteiger partial charge on any atom is -0.316 e. The van der Waals surface area contributed by atoms with Crippen LogP contribution in [0.2, 0.25) is 0 Å². The predicted molar refractivity (Wildman–Crippen MR) is 92.6 cm³/mol. The Labute approximate surface area is 137 Å². The first-order valence-electron chi connectivity index (χ1n) is 8.40. The van der Waals surface area contributed by atoms with Crippen molar-refractivity contribution in [2.45, 2.75) is 51.6 Å². The van der Waals surface area contributed by atoms with E-state index in [0.29, 0.717) is 12.1 Å². The molecule has 0 spiro atoms. The van der Waals surface area contributed by atoms with Gasteiger partial charge in [0.2, 0.25) is 0 Å². The van der Waals surface area contributed by atoms with E-state index in [1.54, 1.807) is 11.1 Å². The number of benzene rings is 1. The third-order valence-corrected chi connectivity index (χ3v) is 5.58. The Morgan fingerprint density at radius 3 is 2.90 bits per heavy atom. The van der Waals surface area contributed by atoms with Crippen molar-refractivity contribution < 1.29 is 0 Å². The summed E-state index contributed by atoms with van der Waals surface area (Å²) in [6.45, 7) is 8.35. The molecule has 2 atom stereocenters. The molecule has 21 heavy (non-hydrogen) atoms. The van der Waals surface area contributed by atoms with Crippen LogP contribution in [0.4, 0.5) is 0 Å². The van der Waals surface area contributed by atoms with Gasteiger partial charge in [0.15, 0.2) is 0 Å². The Morgan fingerprint density at radius 1 is 1.33 bits per heavy atom. The molecule has 1 aromatic rings. The lowest BCUT2D eigenvalue weighted by Gasteiger charge is -2.37. The first-order chi connectivity index (χ1) is 10.1. The second-order valence-corrected chi connectivity index (χ2v) is 7.82. The van der Waals surface area contributed by atoms with E-state index in [9.17, 15) is 0 Å². The second-order valence-electron chi connectivity index (χ2n) is 6.90. The zero-order valence-electron chi connectivity index (χ0n) is 13.2. The largest absolute Gasteiger partial charge is 0.316 e. The maximum atomic E-state index is 3.61. The van der Waals surface area contributed by atoms with Gasteiger partial charge in [0.05, 0.1) is 0 Å². The van der Waals surface area contributed by atoms with Gasteiger partial charge in [-0.25, -0.2) is 0 Å². The van der Waals surface area contributed by atoms with Gasteiger partial charge in [-0.15, -0.1) is 0 Å². The average Bonchev–Trinajstić information content (AvgIpc) is 2.88. The van der Waals surface area contributed by atoms with Crippen LogP contribution in [0.5, 0.6) is 0 Å². The van der Waals surface area contributed by atoms with Gasteiger partial charge in [-0.05, 0) is 81.8 Å². The Balaban J connectivity index is 1.76. The van der Waals surface area contributed by atoms with Gasteiger partial charge in [0.25, 0.3) is 0 Å². The Hall–Kier alpha value is -0.380. The lowest BCUT2D eigenvalue weighted by atomic mass is 9.96. The number of nitrogens with zero attached hydrogens (tertiary/aromatic N) is 1. The van der Waals surface area contributed by atoms with Gasteiger partial charge < -0.3 is 5.32 Å². The standard InChI is InChI=1S/C18H27BrN2/c1-13(2)21(12-14-4-3-9-20-11-14)18-8-5-15-10-16(19)6-7-17(15)18/h6-7,10,13-14,18,20H,3-5,8-9,11-12H2,1-2H3. The summed E-state index contributed by atoms with van der Waals surface area (Å²) in [5.74, 6) is 0.820. The maximum Gasteiger partial charge on any atom is 0.0356 e. The quantitative estimate of drug-likeness (QED) is 0.877. The molecule has 0 radical (unpaired) electrons. The molecule has 2 aliphatic rings. The second kappa shape index (κ2) is 6.80. The normalized spacial score (nSPS) is 25.6. The van der Waals surface area contributed by atoms with E-state index in [2.05, 4.69) is 58.2 Å². The molecule has 0 saturated carbocycles. The van der Waals surface area contributed by atoms with E-state index in [1.165, 1.54) is 49.8 Å². The third kappa shape index (κ3) is 3.52. The predicted octanol–water partition coefficient (Wildman–Crippen LogP) is 4.15. The molecule has 0 amide bonds. The fourth-order valence-corrected chi connectivity index (χ4v) is 4.39. The van der Waals surface area contributed by atoms with Crippen molar-refractivity contribution >= 4 is 15.9 Å². The van der Waals surface area contributed by atoms with Gasteiger partial charge in [-0.2, -0.15) is 0 Å². The summed E-state index contributed by atoms with van der Waals surface area (Å²) < 4.78 is 1.22. The highest BCUT2D eigenvalue weighted by atomic mass is 79.9. The first kappa shape index (κ1) is 15.5.